The SMILES string of the molecule is CCc1c[nH]c2ncnc(N3CC=C(CO)CC3)c12. The second-order valence-corrected chi connectivity index (χ2v) is 4.80. The molecule has 0 amide bonds. The van der Waals surface area contributed by atoms with Crippen LogP contribution in [0.5, 0.6) is 0 Å². The van der Waals surface area contributed by atoms with E-state index in [1.165, 1.54) is 5.56 Å². The van der Waals surface area contributed by atoms with Gasteiger partial charge in [-0.25, -0.2) is 9.97 Å². The number of rotatable bonds is 3. The lowest BCUT2D eigenvalue weighted by atomic mass is 10.1. The quantitative estimate of drug-likeness (QED) is 0.822. The molecule has 0 bridgehead atoms. The van der Waals surface area contributed by atoms with Crippen LogP contribution in [0.4, 0.5) is 5.82 Å². The van der Waals surface area contributed by atoms with Gasteiger partial charge in [0.05, 0.1) is 12.0 Å². The van der Waals surface area contributed by atoms with Crippen molar-refractivity contribution in [3.05, 3.63) is 29.7 Å². The van der Waals surface area contributed by atoms with Crippen LogP contribution in [0.15, 0.2) is 24.2 Å². The molecule has 0 saturated heterocycles. The summed E-state index contributed by atoms with van der Waals surface area (Å²) in [5, 5.41) is 10.3. The molecule has 0 spiro atoms. The van der Waals surface area contributed by atoms with Gasteiger partial charge >= 0.3 is 0 Å². The van der Waals surface area contributed by atoms with E-state index in [0.29, 0.717) is 0 Å². The molecule has 5 heteroatoms. The van der Waals surface area contributed by atoms with Gasteiger partial charge in [0.2, 0.25) is 0 Å². The average Bonchev–Trinajstić information content (AvgIpc) is 2.90. The number of fused-ring (bicyclic) bond motifs is 1. The lowest BCUT2D eigenvalue weighted by Gasteiger charge is -2.27. The highest BCUT2D eigenvalue weighted by Gasteiger charge is 2.18. The number of aromatic amines is 1. The van der Waals surface area contributed by atoms with Crippen molar-refractivity contribution < 1.29 is 5.11 Å². The molecule has 0 saturated carbocycles. The van der Waals surface area contributed by atoms with Gasteiger partial charge in [-0.2, -0.15) is 0 Å². The molecule has 19 heavy (non-hydrogen) atoms. The molecule has 1 aliphatic rings. The Kier molecular flexibility index (Phi) is 3.21. The highest BCUT2D eigenvalue weighted by Crippen LogP contribution is 2.28. The van der Waals surface area contributed by atoms with Crippen LogP contribution < -0.4 is 4.90 Å². The third-order valence-corrected chi connectivity index (χ3v) is 3.72. The van der Waals surface area contributed by atoms with Crippen molar-refractivity contribution in [1.29, 1.82) is 0 Å². The second kappa shape index (κ2) is 5.01. The van der Waals surface area contributed by atoms with Crippen LogP contribution in [0.25, 0.3) is 11.0 Å². The Labute approximate surface area is 112 Å². The molecule has 5 nitrogen and oxygen atoms in total. The molecule has 0 unspecified atom stereocenters. The Hall–Kier alpha value is -1.88. The van der Waals surface area contributed by atoms with Crippen LogP contribution in [-0.4, -0.2) is 39.8 Å². The molecular weight excluding hydrogens is 240 g/mol. The average molecular weight is 258 g/mol. The van der Waals surface area contributed by atoms with Gasteiger partial charge in [-0.1, -0.05) is 13.0 Å². The highest BCUT2D eigenvalue weighted by molar-refractivity contribution is 5.90. The fraction of sp³-hybridized carbons (Fsp3) is 0.429. The summed E-state index contributed by atoms with van der Waals surface area (Å²) in [5.74, 6) is 0.997. The van der Waals surface area contributed by atoms with E-state index < -0.39 is 0 Å². The van der Waals surface area contributed by atoms with Gasteiger partial charge in [-0.3, -0.25) is 0 Å². The molecule has 3 heterocycles. The number of H-pyrrole nitrogens is 1. The lowest BCUT2D eigenvalue weighted by Crippen LogP contribution is -2.30. The predicted molar refractivity (Wildman–Crippen MR) is 75.3 cm³/mol. The van der Waals surface area contributed by atoms with Gasteiger partial charge in [0.1, 0.15) is 17.8 Å². The van der Waals surface area contributed by atoms with Crippen LogP contribution in [0.3, 0.4) is 0 Å². The zero-order valence-electron chi connectivity index (χ0n) is 11.1. The Bertz CT molecular complexity index is 617. The number of nitrogens with one attached hydrogen (secondary N) is 1. The van der Waals surface area contributed by atoms with E-state index in [4.69, 9.17) is 5.11 Å². The van der Waals surface area contributed by atoms with Crippen LogP contribution >= 0.6 is 0 Å². The van der Waals surface area contributed by atoms with Crippen molar-refractivity contribution in [2.75, 3.05) is 24.6 Å². The fourth-order valence-electron chi connectivity index (χ4n) is 2.57. The van der Waals surface area contributed by atoms with Crippen LogP contribution in [0, 0.1) is 0 Å². The van der Waals surface area contributed by atoms with E-state index in [2.05, 4.69) is 32.9 Å². The minimum absolute atomic E-state index is 0.164. The summed E-state index contributed by atoms with van der Waals surface area (Å²) in [7, 11) is 0. The van der Waals surface area contributed by atoms with Gasteiger partial charge in [0.15, 0.2) is 0 Å². The molecule has 0 aromatic carbocycles. The highest BCUT2D eigenvalue weighted by atomic mass is 16.3. The minimum atomic E-state index is 0.164. The third-order valence-electron chi connectivity index (χ3n) is 3.72. The lowest BCUT2D eigenvalue weighted by molar-refractivity contribution is 0.325. The summed E-state index contributed by atoms with van der Waals surface area (Å²) in [6.45, 7) is 4.00. The number of aliphatic hydroxyl groups is 1. The van der Waals surface area contributed by atoms with Gasteiger partial charge in [-0.05, 0) is 24.0 Å². The normalized spacial score (nSPS) is 15.9. The van der Waals surface area contributed by atoms with E-state index in [0.717, 1.165) is 48.4 Å². The van der Waals surface area contributed by atoms with Crippen molar-refractivity contribution in [2.24, 2.45) is 0 Å². The molecule has 2 N–H and O–H groups in total. The number of nitrogens with zero attached hydrogens (tertiary/aromatic N) is 3. The number of hydrogen-bond acceptors (Lipinski definition) is 4. The molecule has 0 atom stereocenters. The van der Waals surface area contributed by atoms with Gasteiger partial charge in [0, 0.05) is 19.3 Å². The number of anilines is 1. The summed E-state index contributed by atoms with van der Waals surface area (Å²) < 4.78 is 0. The Morgan fingerprint density at radius 3 is 3.00 bits per heavy atom. The van der Waals surface area contributed by atoms with E-state index in [1.54, 1.807) is 6.33 Å². The number of aryl methyl sites for hydroxylation is 1. The molecule has 0 radical (unpaired) electrons. The molecule has 2 aromatic rings. The van der Waals surface area contributed by atoms with E-state index >= 15 is 0 Å². The molecular formula is C14H18N4O. The third kappa shape index (κ3) is 2.10. The predicted octanol–water partition coefficient (Wildman–Crippen LogP) is 1.65. The minimum Gasteiger partial charge on any atom is -0.392 e. The maximum atomic E-state index is 9.15. The smallest absolute Gasteiger partial charge is 0.143 e. The first-order valence-electron chi connectivity index (χ1n) is 6.68. The van der Waals surface area contributed by atoms with Crippen molar-refractivity contribution in [3.63, 3.8) is 0 Å². The fourth-order valence-corrected chi connectivity index (χ4v) is 2.57. The maximum absolute atomic E-state index is 9.15. The summed E-state index contributed by atoms with van der Waals surface area (Å²) in [6, 6.07) is 0. The molecule has 2 aromatic heterocycles. The summed E-state index contributed by atoms with van der Waals surface area (Å²) in [6.07, 6.45) is 7.58. The number of aliphatic hydroxyl groups excluding tert-OH is 1. The first-order chi connectivity index (χ1) is 9.33. The first-order valence-corrected chi connectivity index (χ1v) is 6.68. The number of aromatic nitrogens is 3. The molecule has 0 aliphatic carbocycles. The van der Waals surface area contributed by atoms with Gasteiger partial charge in [-0.15, -0.1) is 0 Å². The Morgan fingerprint density at radius 1 is 1.42 bits per heavy atom. The zero-order valence-corrected chi connectivity index (χ0v) is 11.1. The standard InChI is InChI=1S/C14H18N4O/c1-2-11-7-15-13-12(11)14(17-9-16-13)18-5-3-10(8-19)4-6-18/h3,7,9,19H,2,4-6,8H2,1H3,(H,15,16,17). The Balaban J connectivity index is 2.01. The van der Waals surface area contributed by atoms with Gasteiger partial charge < -0.3 is 15.0 Å². The molecule has 3 rings (SSSR count). The monoisotopic (exact) mass is 258 g/mol. The van der Waals surface area contributed by atoms with Crippen molar-refractivity contribution in [1.82, 2.24) is 15.0 Å². The van der Waals surface area contributed by atoms with Crippen molar-refractivity contribution in [2.45, 2.75) is 19.8 Å². The maximum Gasteiger partial charge on any atom is 0.143 e. The van der Waals surface area contributed by atoms with Crippen LogP contribution in [0.1, 0.15) is 18.9 Å². The van der Waals surface area contributed by atoms with Gasteiger partial charge in [0.25, 0.3) is 0 Å². The molecule has 0 fully saturated rings. The Morgan fingerprint density at radius 2 is 2.32 bits per heavy atom. The van der Waals surface area contributed by atoms with Crippen molar-refractivity contribution in [3.8, 4) is 0 Å². The second-order valence-electron chi connectivity index (χ2n) is 4.80. The van der Waals surface area contributed by atoms with E-state index in [1.807, 2.05) is 6.20 Å². The zero-order chi connectivity index (χ0) is 13.2. The van der Waals surface area contributed by atoms with Crippen LogP contribution in [0.2, 0.25) is 0 Å². The van der Waals surface area contributed by atoms with E-state index in [-0.39, 0.29) is 6.61 Å². The summed E-state index contributed by atoms with van der Waals surface area (Å²) in [5.41, 5.74) is 3.27. The van der Waals surface area contributed by atoms with Crippen LogP contribution in [-0.2, 0) is 6.42 Å². The molecule has 1 aliphatic heterocycles. The first kappa shape index (κ1) is 12.2. The van der Waals surface area contributed by atoms with E-state index in [9.17, 15) is 0 Å². The summed E-state index contributed by atoms with van der Waals surface area (Å²) >= 11 is 0. The topological polar surface area (TPSA) is 65.0 Å². The largest absolute Gasteiger partial charge is 0.392 e. The molecule has 100 valence electrons. The number of hydrogen-bond donors (Lipinski definition) is 2. The summed E-state index contributed by atoms with van der Waals surface area (Å²) in [4.78, 5) is 14.2. The van der Waals surface area contributed by atoms with Crippen molar-refractivity contribution >= 4 is 16.9 Å².